The van der Waals surface area contributed by atoms with E-state index in [0.717, 1.165) is 0 Å². The standard InChI is InChI=1S/C11H21N3O5/c1-4-14(6-9(16)13-7(2)3)11(19)12-5-8(15)10(17)18/h7-8,15H,4-6H2,1-3H3,(H,12,19)(H,13,16)(H,17,18). The summed E-state index contributed by atoms with van der Waals surface area (Å²) >= 11 is 0. The van der Waals surface area contributed by atoms with Crippen LogP contribution in [0.15, 0.2) is 0 Å². The van der Waals surface area contributed by atoms with Crippen LogP contribution in [0, 0.1) is 0 Å². The Bertz CT molecular complexity index is 332. The van der Waals surface area contributed by atoms with Crippen LogP contribution in [0.3, 0.4) is 0 Å². The molecule has 0 heterocycles. The number of carbonyl (C=O) groups is 3. The third-order valence-corrected chi connectivity index (χ3v) is 2.18. The molecule has 4 N–H and O–H groups in total. The van der Waals surface area contributed by atoms with Crippen LogP contribution in [0.1, 0.15) is 20.8 Å². The Balaban J connectivity index is 4.25. The zero-order valence-corrected chi connectivity index (χ0v) is 11.3. The van der Waals surface area contributed by atoms with E-state index < -0.39 is 24.6 Å². The minimum atomic E-state index is -1.66. The van der Waals surface area contributed by atoms with Gasteiger partial charge < -0.3 is 25.7 Å². The molecular formula is C11H21N3O5. The number of rotatable bonds is 7. The maximum atomic E-state index is 11.7. The van der Waals surface area contributed by atoms with Crippen LogP contribution in [-0.4, -0.2) is 64.8 Å². The van der Waals surface area contributed by atoms with E-state index in [-0.39, 0.29) is 18.5 Å². The summed E-state index contributed by atoms with van der Waals surface area (Å²) in [5, 5.41) is 22.4. The van der Waals surface area contributed by atoms with Crippen molar-refractivity contribution in [1.29, 1.82) is 0 Å². The fraction of sp³-hybridized carbons (Fsp3) is 0.727. The molecular weight excluding hydrogens is 254 g/mol. The molecule has 0 fully saturated rings. The number of hydrogen-bond donors (Lipinski definition) is 4. The Labute approximate surface area is 111 Å². The molecule has 0 saturated carbocycles. The van der Waals surface area contributed by atoms with E-state index >= 15 is 0 Å². The molecule has 0 aliphatic heterocycles. The fourth-order valence-corrected chi connectivity index (χ4v) is 1.25. The second-order valence-electron chi connectivity index (χ2n) is 4.28. The molecule has 0 aromatic heterocycles. The van der Waals surface area contributed by atoms with Crippen molar-refractivity contribution < 1.29 is 24.6 Å². The van der Waals surface area contributed by atoms with Crippen molar-refractivity contribution in [3.8, 4) is 0 Å². The second-order valence-corrected chi connectivity index (χ2v) is 4.28. The predicted octanol–water partition coefficient (Wildman–Crippen LogP) is -1.01. The molecule has 1 unspecified atom stereocenters. The van der Waals surface area contributed by atoms with Crippen LogP contribution >= 0.6 is 0 Å². The van der Waals surface area contributed by atoms with Crippen LogP contribution in [0.5, 0.6) is 0 Å². The van der Waals surface area contributed by atoms with Crippen molar-refractivity contribution in [3.63, 3.8) is 0 Å². The highest BCUT2D eigenvalue weighted by Gasteiger charge is 2.19. The molecule has 0 aliphatic rings. The van der Waals surface area contributed by atoms with Crippen molar-refractivity contribution >= 4 is 17.9 Å². The Kier molecular flexibility index (Phi) is 7.50. The third kappa shape index (κ3) is 7.24. The number of hydrogen-bond acceptors (Lipinski definition) is 4. The van der Waals surface area contributed by atoms with Gasteiger partial charge in [0.15, 0.2) is 6.10 Å². The number of carbonyl (C=O) groups excluding carboxylic acids is 2. The second kappa shape index (κ2) is 8.30. The fourth-order valence-electron chi connectivity index (χ4n) is 1.25. The van der Waals surface area contributed by atoms with Crippen LogP contribution in [-0.2, 0) is 9.59 Å². The van der Waals surface area contributed by atoms with E-state index in [4.69, 9.17) is 10.2 Å². The third-order valence-electron chi connectivity index (χ3n) is 2.18. The van der Waals surface area contributed by atoms with Gasteiger partial charge in [-0.15, -0.1) is 0 Å². The van der Waals surface area contributed by atoms with Crippen LogP contribution in [0.4, 0.5) is 4.79 Å². The van der Waals surface area contributed by atoms with Gasteiger partial charge in [-0.2, -0.15) is 0 Å². The van der Waals surface area contributed by atoms with Crippen molar-refractivity contribution in [2.24, 2.45) is 0 Å². The molecule has 8 nitrogen and oxygen atoms in total. The average Bonchev–Trinajstić information content (AvgIpc) is 2.31. The number of aliphatic carboxylic acids is 1. The van der Waals surface area contributed by atoms with Gasteiger partial charge in [-0.25, -0.2) is 9.59 Å². The van der Waals surface area contributed by atoms with Gasteiger partial charge >= 0.3 is 12.0 Å². The normalized spacial score (nSPS) is 11.8. The van der Waals surface area contributed by atoms with E-state index in [9.17, 15) is 14.4 Å². The first-order valence-electron chi connectivity index (χ1n) is 6.00. The van der Waals surface area contributed by atoms with Crippen LogP contribution in [0.2, 0.25) is 0 Å². The lowest BCUT2D eigenvalue weighted by molar-refractivity contribution is -0.146. The minimum absolute atomic E-state index is 0.0249. The van der Waals surface area contributed by atoms with Gasteiger partial charge in [-0.3, -0.25) is 4.79 Å². The first-order chi connectivity index (χ1) is 8.77. The van der Waals surface area contributed by atoms with E-state index in [2.05, 4.69) is 10.6 Å². The molecule has 8 heteroatoms. The molecule has 0 aliphatic carbocycles. The minimum Gasteiger partial charge on any atom is -0.479 e. The summed E-state index contributed by atoms with van der Waals surface area (Å²) in [7, 11) is 0. The van der Waals surface area contributed by atoms with Gasteiger partial charge in [0.25, 0.3) is 0 Å². The van der Waals surface area contributed by atoms with Gasteiger partial charge in [0.2, 0.25) is 5.91 Å². The monoisotopic (exact) mass is 275 g/mol. The lowest BCUT2D eigenvalue weighted by Gasteiger charge is -2.22. The number of amides is 3. The highest BCUT2D eigenvalue weighted by Crippen LogP contribution is 1.91. The van der Waals surface area contributed by atoms with Gasteiger partial charge in [0.05, 0.1) is 6.54 Å². The van der Waals surface area contributed by atoms with Gasteiger partial charge in [-0.1, -0.05) is 0 Å². The van der Waals surface area contributed by atoms with Crippen molar-refractivity contribution in [2.45, 2.75) is 32.9 Å². The summed E-state index contributed by atoms with van der Waals surface area (Å²) in [6.07, 6.45) is -1.66. The molecule has 3 amide bonds. The highest BCUT2D eigenvalue weighted by atomic mass is 16.4. The number of aliphatic hydroxyl groups excluding tert-OH is 1. The van der Waals surface area contributed by atoms with E-state index in [1.807, 2.05) is 0 Å². The molecule has 0 spiro atoms. The zero-order valence-electron chi connectivity index (χ0n) is 11.3. The first kappa shape index (κ1) is 17.2. The summed E-state index contributed by atoms with van der Waals surface area (Å²) in [5.41, 5.74) is 0. The number of aliphatic hydroxyl groups is 1. The Hall–Kier alpha value is -1.83. The molecule has 110 valence electrons. The molecule has 19 heavy (non-hydrogen) atoms. The van der Waals surface area contributed by atoms with Crippen molar-refractivity contribution in [2.75, 3.05) is 19.6 Å². The highest BCUT2D eigenvalue weighted by molar-refractivity contribution is 5.84. The summed E-state index contributed by atoms with van der Waals surface area (Å²) in [5.74, 6) is -1.72. The number of nitrogens with zero attached hydrogens (tertiary/aromatic N) is 1. The maximum Gasteiger partial charge on any atom is 0.334 e. The van der Waals surface area contributed by atoms with Crippen molar-refractivity contribution in [3.05, 3.63) is 0 Å². The quantitative estimate of drug-likeness (QED) is 0.474. The largest absolute Gasteiger partial charge is 0.479 e. The molecule has 0 bridgehead atoms. The summed E-state index contributed by atoms with van der Waals surface area (Å²) in [4.78, 5) is 34.7. The van der Waals surface area contributed by atoms with Crippen LogP contribution in [0.25, 0.3) is 0 Å². The smallest absolute Gasteiger partial charge is 0.334 e. The molecule has 0 aromatic carbocycles. The predicted molar refractivity (Wildman–Crippen MR) is 67.6 cm³/mol. The maximum absolute atomic E-state index is 11.7. The van der Waals surface area contributed by atoms with E-state index in [1.165, 1.54) is 4.90 Å². The van der Waals surface area contributed by atoms with E-state index in [1.54, 1.807) is 20.8 Å². The first-order valence-corrected chi connectivity index (χ1v) is 6.00. The molecule has 0 aromatic rings. The molecule has 0 saturated heterocycles. The number of carboxylic acid groups (broad SMARTS) is 1. The van der Waals surface area contributed by atoms with Gasteiger partial charge in [0.1, 0.15) is 6.54 Å². The van der Waals surface area contributed by atoms with Gasteiger partial charge in [0, 0.05) is 12.6 Å². The number of carboxylic acids is 1. The number of urea groups is 1. The molecule has 0 rings (SSSR count). The topological polar surface area (TPSA) is 119 Å². The Morgan fingerprint density at radius 2 is 1.84 bits per heavy atom. The molecule has 0 radical (unpaired) electrons. The SMILES string of the molecule is CCN(CC(=O)NC(C)C)C(=O)NCC(O)C(=O)O. The molecule has 1 atom stereocenters. The van der Waals surface area contributed by atoms with E-state index in [0.29, 0.717) is 6.54 Å². The Morgan fingerprint density at radius 3 is 2.26 bits per heavy atom. The summed E-state index contributed by atoms with van der Waals surface area (Å²) in [6, 6.07) is -0.621. The average molecular weight is 275 g/mol. The summed E-state index contributed by atoms with van der Waals surface area (Å²) in [6.45, 7) is 5.06. The lowest BCUT2D eigenvalue weighted by Crippen LogP contribution is -2.48. The Morgan fingerprint density at radius 1 is 1.26 bits per heavy atom. The number of nitrogens with one attached hydrogen (secondary N) is 2. The summed E-state index contributed by atoms with van der Waals surface area (Å²) < 4.78 is 0. The van der Waals surface area contributed by atoms with Crippen LogP contribution < -0.4 is 10.6 Å². The van der Waals surface area contributed by atoms with Crippen molar-refractivity contribution in [1.82, 2.24) is 15.5 Å². The van der Waals surface area contributed by atoms with Gasteiger partial charge in [-0.05, 0) is 20.8 Å². The number of likely N-dealkylation sites (N-methyl/N-ethyl adjacent to an activating group) is 1. The zero-order chi connectivity index (χ0) is 15.0. The lowest BCUT2D eigenvalue weighted by atomic mass is 10.3.